The summed E-state index contributed by atoms with van der Waals surface area (Å²) in [5.74, 6) is -0.928. The van der Waals surface area contributed by atoms with Gasteiger partial charge in [0.2, 0.25) is 0 Å². The molecule has 2 rings (SSSR count). The van der Waals surface area contributed by atoms with Crippen molar-refractivity contribution < 1.29 is 31.0 Å². The van der Waals surface area contributed by atoms with Gasteiger partial charge in [0.05, 0.1) is 0 Å². The number of rotatable bonds is 2. The van der Waals surface area contributed by atoms with E-state index in [1.54, 1.807) is 4.57 Å². The topological polar surface area (TPSA) is 42.2 Å². The average Bonchev–Trinajstić information content (AvgIpc) is 2.82. The first-order chi connectivity index (χ1) is 8.74. The zero-order valence-electron chi connectivity index (χ0n) is 12.2. The zero-order valence-corrected chi connectivity index (χ0v) is 15.2. The minimum absolute atomic E-state index is 0. The molecule has 0 fully saturated rings. The van der Waals surface area contributed by atoms with Gasteiger partial charge in [0, 0.05) is 33.3 Å². The number of carbonyl (C=O) groups is 1. The van der Waals surface area contributed by atoms with Gasteiger partial charge in [0.1, 0.15) is 0 Å². The number of aromatic carboxylic acids is 1. The van der Waals surface area contributed by atoms with Crippen molar-refractivity contribution in [2.24, 2.45) is 0 Å². The molecule has 0 spiro atoms. The summed E-state index contributed by atoms with van der Waals surface area (Å²) in [6, 6.07) is 10.4. The largest absolute Gasteiger partial charge is 0.520 e. The second kappa shape index (κ2) is 12.9. The van der Waals surface area contributed by atoms with E-state index < -0.39 is 5.97 Å². The molecule has 20 heavy (non-hydrogen) atoms. The Bertz CT molecular complexity index is 492. The van der Waals surface area contributed by atoms with Crippen molar-refractivity contribution in [3.8, 4) is 0 Å². The van der Waals surface area contributed by atoms with Crippen LogP contribution in [-0.2, 0) is 27.6 Å². The van der Waals surface area contributed by atoms with Crippen molar-refractivity contribution in [3.05, 3.63) is 36.0 Å². The van der Waals surface area contributed by atoms with Crippen LogP contribution in [0.3, 0.4) is 0 Å². The van der Waals surface area contributed by atoms with Crippen LogP contribution in [0, 0.1) is 6.07 Å². The van der Waals surface area contributed by atoms with E-state index in [-0.39, 0.29) is 34.2 Å². The minimum Gasteiger partial charge on any atom is -0.520 e. The second-order valence-electron chi connectivity index (χ2n) is 3.04. The standard InChI is InChI=1S/C11H10NO2.2C2H6.CH4.W/c1-2-12-9-6-4-3-5-8(9)7-10(12)11(13)14;2*1-2;;/h3-6H,2H2,1H3,(H,13,14);2*1-2H3;1H4;/q-1;;;;. The summed E-state index contributed by atoms with van der Waals surface area (Å²) >= 11 is 0. The number of para-hydroxylation sites is 1. The van der Waals surface area contributed by atoms with Crippen LogP contribution in [0.5, 0.6) is 0 Å². The third-order valence-corrected chi connectivity index (χ3v) is 2.24. The quantitative estimate of drug-likeness (QED) is 0.668. The molecule has 0 saturated heterocycles. The molecule has 0 aliphatic heterocycles. The number of aromatic nitrogens is 1. The first kappa shape index (κ1) is 24.0. The van der Waals surface area contributed by atoms with Gasteiger partial charge >= 0.3 is 0 Å². The maximum atomic E-state index is 10.9. The first-order valence-electron chi connectivity index (χ1n) is 6.48. The SMILES string of the molecule is C.CC.CC.CCn1c(C(=O)O)[c-]c2ccccc21.[W]. The Balaban J connectivity index is -0.000000444. The molecule has 0 saturated carbocycles. The molecular weight excluding hydrogens is 422 g/mol. The van der Waals surface area contributed by atoms with Crippen LogP contribution in [-0.4, -0.2) is 15.6 Å². The van der Waals surface area contributed by atoms with E-state index in [0.717, 1.165) is 10.9 Å². The maximum absolute atomic E-state index is 10.9. The van der Waals surface area contributed by atoms with Crippen molar-refractivity contribution in [2.75, 3.05) is 0 Å². The molecule has 1 N–H and O–H groups in total. The fourth-order valence-electron chi connectivity index (χ4n) is 1.63. The fourth-order valence-corrected chi connectivity index (χ4v) is 1.63. The number of fused-ring (bicyclic) bond motifs is 1. The van der Waals surface area contributed by atoms with Gasteiger partial charge in [-0.3, -0.25) is 0 Å². The molecule has 0 atom stereocenters. The van der Waals surface area contributed by atoms with E-state index in [1.165, 1.54) is 0 Å². The first-order valence-corrected chi connectivity index (χ1v) is 6.48. The third kappa shape index (κ3) is 5.50. The van der Waals surface area contributed by atoms with Gasteiger partial charge in [-0.1, -0.05) is 47.3 Å². The number of carboxylic acids is 1. The Kier molecular flexibility index (Phi) is 15.5. The average molecular weight is 448 g/mol. The number of hydrogen-bond donors (Lipinski definition) is 1. The smallest absolute Gasteiger partial charge is 0.272 e. The number of hydrogen-bond acceptors (Lipinski definition) is 1. The van der Waals surface area contributed by atoms with Crippen molar-refractivity contribution in [2.45, 2.75) is 48.6 Å². The zero-order chi connectivity index (χ0) is 14.1. The number of benzene rings is 1. The van der Waals surface area contributed by atoms with Crippen LogP contribution in [0.15, 0.2) is 24.3 Å². The molecule has 0 aliphatic rings. The second-order valence-corrected chi connectivity index (χ2v) is 3.04. The molecule has 0 unspecified atom stereocenters. The normalized spacial score (nSPS) is 8.05. The van der Waals surface area contributed by atoms with Crippen molar-refractivity contribution >= 4 is 16.9 Å². The molecule has 1 aromatic carbocycles. The Morgan fingerprint density at radius 1 is 1.20 bits per heavy atom. The molecule has 0 amide bonds. The Morgan fingerprint density at radius 3 is 2.15 bits per heavy atom. The molecule has 1 aromatic heterocycles. The van der Waals surface area contributed by atoms with E-state index in [0.29, 0.717) is 6.54 Å². The van der Waals surface area contributed by atoms with Gasteiger partial charge in [-0.2, -0.15) is 0 Å². The van der Waals surface area contributed by atoms with E-state index in [4.69, 9.17) is 5.11 Å². The third-order valence-electron chi connectivity index (χ3n) is 2.24. The molecule has 0 aliphatic carbocycles. The summed E-state index contributed by atoms with van der Waals surface area (Å²) in [5.41, 5.74) is 1.15. The summed E-state index contributed by atoms with van der Waals surface area (Å²) in [5, 5.41) is 9.80. The van der Waals surface area contributed by atoms with Crippen molar-refractivity contribution in [1.29, 1.82) is 0 Å². The number of carboxylic acid groups (broad SMARTS) is 1. The molecule has 3 nitrogen and oxygen atoms in total. The van der Waals surface area contributed by atoms with Crippen molar-refractivity contribution in [1.82, 2.24) is 4.57 Å². The molecule has 1 heterocycles. The molecule has 4 heteroatoms. The summed E-state index contributed by atoms with van der Waals surface area (Å²) in [6.07, 6.45) is 0. The van der Waals surface area contributed by atoms with Crippen LogP contribution in [0.25, 0.3) is 10.9 Å². The maximum Gasteiger partial charge on any atom is 0.272 e. The molecule has 2 aromatic rings. The number of aryl methyl sites for hydroxylation is 1. The van der Waals surface area contributed by atoms with Crippen LogP contribution >= 0.6 is 0 Å². The Morgan fingerprint density at radius 2 is 1.70 bits per heavy atom. The van der Waals surface area contributed by atoms with Crippen LogP contribution in [0.1, 0.15) is 52.5 Å². The summed E-state index contributed by atoms with van der Waals surface area (Å²) in [4.78, 5) is 10.9. The molecule has 0 bridgehead atoms. The summed E-state index contributed by atoms with van der Waals surface area (Å²) in [7, 11) is 0. The van der Waals surface area contributed by atoms with Gasteiger partial charge in [-0.15, -0.1) is 23.6 Å². The van der Waals surface area contributed by atoms with Gasteiger partial charge in [-0.05, 0) is 12.4 Å². The van der Waals surface area contributed by atoms with Gasteiger partial charge in [0.25, 0.3) is 5.97 Å². The van der Waals surface area contributed by atoms with Gasteiger partial charge in [0.15, 0.2) is 0 Å². The van der Waals surface area contributed by atoms with E-state index >= 15 is 0 Å². The predicted molar refractivity (Wildman–Crippen MR) is 82.8 cm³/mol. The van der Waals surface area contributed by atoms with E-state index in [2.05, 4.69) is 6.07 Å². The summed E-state index contributed by atoms with van der Waals surface area (Å²) < 4.78 is 1.75. The van der Waals surface area contributed by atoms with Crippen LogP contribution in [0.4, 0.5) is 0 Å². The van der Waals surface area contributed by atoms with E-state index in [1.807, 2.05) is 58.9 Å². The Hall–Kier alpha value is -1.08. The van der Waals surface area contributed by atoms with Crippen molar-refractivity contribution in [3.63, 3.8) is 0 Å². The van der Waals surface area contributed by atoms with Gasteiger partial charge in [-0.25, -0.2) is 0 Å². The molecule has 114 valence electrons. The monoisotopic (exact) mass is 448 g/mol. The minimum atomic E-state index is -0.928. The van der Waals surface area contributed by atoms with Gasteiger partial charge < -0.3 is 14.5 Å². The van der Waals surface area contributed by atoms with E-state index in [9.17, 15) is 4.79 Å². The predicted octanol–water partition coefficient (Wildman–Crippen LogP) is 4.85. The molecular formula is C16H26NO2W-. The fraction of sp³-hybridized carbons (Fsp3) is 0.438. The Labute approximate surface area is 137 Å². The van der Waals surface area contributed by atoms with Crippen LogP contribution < -0.4 is 0 Å². The number of nitrogens with zero attached hydrogens (tertiary/aromatic N) is 1. The molecule has 0 radical (unpaired) electrons. The summed E-state index contributed by atoms with van der Waals surface area (Å²) in [6.45, 7) is 10.6. The van der Waals surface area contributed by atoms with Crippen LogP contribution in [0.2, 0.25) is 0 Å².